The molecule has 0 aliphatic rings. The molecule has 0 aromatic carbocycles. The van der Waals surface area contributed by atoms with Crippen LogP contribution in [0.2, 0.25) is 0 Å². The Morgan fingerprint density at radius 1 is 1.28 bits per heavy atom. The molecule has 0 aliphatic heterocycles. The number of carbonyl (C=O) groups is 2. The lowest BCUT2D eigenvalue weighted by molar-refractivity contribution is -0.142. The van der Waals surface area contributed by atoms with Crippen LogP contribution in [-0.2, 0) is 9.59 Å². The number of aliphatic carboxylic acids is 1. The molecule has 0 aromatic rings. The maximum Gasteiger partial charge on any atom is 0.327 e. The zero-order valence-corrected chi connectivity index (χ0v) is 11.8. The van der Waals surface area contributed by atoms with Gasteiger partial charge in [-0.05, 0) is 40.2 Å². The molecular weight excluding hydrogens is 234 g/mol. The first kappa shape index (κ1) is 16.9. The Hall–Kier alpha value is -1.14. The van der Waals surface area contributed by atoms with Crippen LogP contribution >= 0.6 is 0 Å². The van der Waals surface area contributed by atoms with Crippen LogP contribution in [-0.4, -0.2) is 73.1 Å². The van der Waals surface area contributed by atoms with Gasteiger partial charge in [0.2, 0.25) is 5.91 Å². The van der Waals surface area contributed by atoms with E-state index in [1.165, 1.54) is 6.92 Å². The predicted octanol–water partition coefficient (Wildman–Crippen LogP) is -0.151. The summed E-state index contributed by atoms with van der Waals surface area (Å²) < 4.78 is 0. The quantitative estimate of drug-likeness (QED) is 0.602. The summed E-state index contributed by atoms with van der Waals surface area (Å²) in [4.78, 5) is 26.1. The molecule has 1 amide bonds. The van der Waals surface area contributed by atoms with Crippen LogP contribution in [0.5, 0.6) is 0 Å². The van der Waals surface area contributed by atoms with Gasteiger partial charge in [0.1, 0.15) is 6.04 Å². The van der Waals surface area contributed by atoms with Gasteiger partial charge in [-0.15, -0.1) is 0 Å². The van der Waals surface area contributed by atoms with E-state index in [1.54, 1.807) is 0 Å². The topological polar surface area (TPSA) is 72.9 Å². The standard InChI is InChI=1S/C12H25N3O3/c1-5-15(8-6-7-14(3)4)9-11(12(17)18)13-10(2)16/h11H,5-9H2,1-4H3,(H,13,16)(H,17,18). The molecule has 2 N–H and O–H groups in total. The van der Waals surface area contributed by atoms with Crippen LogP contribution in [0.1, 0.15) is 20.3 Å². The number of nitrogens with zero attached hydrogens (tertiary/aromatic N) is 2. The molecule has 106 valence electrons. The maximum atomic E-state index is 11.0. The molecule has 0 saturated heterocycles. The Morgan fingerprint density at radius 2 is 1.89 bits per heavy atom. The number of amides is 1. The zero-order valence-electron chi connectivity index (χ0n) is 11.8. The summed E-state index contributed by atoms with van der Waals surface area (Å²) >= 11 is 0. The van der Waals surface area contributed by atoms with Gasteiger partial charge in [0, 0.05) is 13.5 Å². The lowest BCUT2D eigenvalue weighted by atomic mass is 10.2. The van der Waals surface area contributed by atoms with Crippen LogP contribution in [0.3, 0.4) is 0 Å². The summed E-state index contributed by atoms with van der Waals surface area (Å²) in [5.74, 6) is -1.30. The van der Waals surface area contributed by atoms with Crippen molar-refractivity contribution in [2.45, 2.75) is 26.3 Å². The second-order valence-corrected chi connectivity index (χ2v) is 4.64. The second kappa shape index (κ2) is 8.88. The molecule has 18 heavy (non-hydrogen) atoms. The van der Waals surface area contributed by atoms with Crippen molar-refractivity contribution >= 4 is 11.9 Å². The number of carboxylic acids is 1. The highest BCUT2D eigenvalue weighted by Gasteiger charge is 2.20. The fourth-order valence-electron chi connectivity index (χ4n) is 1.68. The lowest BCUT2D eigenvalue weighted by Gasteiger charge is -2.25. The number of nitrogens with one attached hydrogen (secondary N) is 1. The van der Waals surface area contributed by atoms with Crippen LogP contribution in [0.25, 0.3) is 0 Å². The third kappa shape index (κ3) is 8.03. The molecule has 0 fully saturated rings. The van der Waals surface area contributed by atoms with Crippen molar-refractivity contribution in [3.63, 3.8) is 0 Å². The molecule has 0 rings (SSSR count). The molecule has 0 saturated carbocycles. The average Bonchev–Trinajstić information content (AvgIpc) is 2.25. The van der Waals surface area contributed by atoms with E-state index in [-0.39, 0.29) is 5.91 Å². The number of likely N-dealkylation sites (N-methyl/N-ethyl adjacent to an activating group) is 1. The van der Waals surface area contributed by atoms with Crippen LogP contribution in [0, 0.1) is 0 Å². The zero-order chi connectivity index (χ0) is 14.1. The van der Waals surface area contributed by atoms with Gasteiger partial charge in [0.05, 0.1) is 0 Å². The van der Waals surface area contributed by atoms with E-state index in [9.17, 15) is 9.59 Å². The minimum atomic E-state index is -0.990. The fraction of sp³-hybridized carbons (Fsp3) is 0.833. The van der Waals surface area contributed by atoms with Crippen molar-refractivity contribution in [3.8, 4) is 0 Å². The first-order chi connectivity index (χ1) is 8.36. The van der Waals surface area contributed by atoms with Gasteiger partial charge < -0.3 is 20.2 Å². The second-order valence-electron chi connectivity index (χ2n) is 4.64. The normalized spacial score (nSPS) is 12.8. The van der Waals surface area contributed by atoms with E-state index in [2.05, 4.69) is 10.2 Å². The largest absolute Gasteiger partial charge is 0.480 e. The van der Waals surface area contributed by atoms with Crippen molar-refractivity contribution in [3.05, 3.63) is 0 Å². The van der Waals surface area contributed by atoms with Crippen LogP contribution in [0.4, 0.5) is 0 Å². The van der Waals surface area contributed by atoms with Gasteiger partial charge in [-0.25, -0.2) is 4.79 Å². The van der Waals surface area contributed by atoms with Crippen LogP contribution < -0.4 is 5.32 Å². The van der Waals surface area contributed by atoms with E-state index in [0.29, 0.717) is 6.54 Å². The molecule has 0 spiro atoms. The summed E-state index contributed by atoms with van der Waals surface area (Å²) in [6.07, 6.45) is 0.979. The Bertz CT molecular complexity index is 269. The average molecular weight is 259 g/mol. The Labute approximate surface area is 109 Å². The summed E-state index contributed by atoms with van der Waals surface area (Å²) in [6.45, 7) is 6.24. The Balaban J connectivity index is 4.20. The van der Waals surface area contributed by atoms with Gasteiger partial charge >= 0.3 is 5.97 Å². The Kier molecular flexibility index (Phi) is 8.32. The fourth-order valence-corrected chi connectivity index (χ4v) is 1.68. The van der Waals surface area contributed by atoms with Crippen molar-refractivity contribution in [1.29, 1.82) is 0 Å². The molecule has 6 heteroatoms. The number of carboxylic acid groups (broad SMARTS) is 1. The number of rotatable bonds is 9. The summed E-state index contributed by atoms with van der Waals surface area (Å²) in [7, 11) is 4.02. The van der Waals surface area contributed by atoms with E-state index < -0.39 is 12.0 Å². The van der Waals surface area contributed by atoms with E-state index in [4.69, 9.17) is 5.11 Å². The first-order valence-electron chi connectivity index (χ1n) is 6.23. The van der Waals surface area contributed by atoms with E-state index in [1.807, 2.05) is 25.9 Å². The molecular formula is C12H25N3O3. The lowest BCUT2D eigenvalue weighted by Crippen LogP contribution is -2.48. The molecule has 0 bridgehead atoms. The molecule has 0 radical (unpaired) electrons. The maximum absolute atomic E-state index is 11.0. The number of hydrogen-bond donors (Lipinski definition) is 2. The Morgan fingerprint density at radius 3 is 2.28 bits per heavy atom. The predicted molar refractivity (Wildman–Crippen MR) is 70.5 cm³/mol. The SMILES string of the molecule is CCN(CCCN(C)C)CC(NC(C)=O)C(=O)O. The minimum Gasteiger partial charge on any atom is -0.480 e. The minimum absolute atomic E-state index is 0.313. The molecule has 0 aromatic heterocycles. The smallest absolute Gasteiger partial charge is 0.327 e. The number of carbonyl (C=O) groups excluding carboxylic acids is 1. The van der Waals surface area contributed by atoms with Gasteiger partial charge in [0.15, 0.2) is 0 Å². The molecule has 0 aliphatic carbocycles. The van der Waals surface area contributed by atoms with Gasteiger partial charge in [-0.2, -0.15) is 0 Å². The highest BCUT2D eigenvalue weighted by molar-refractivity contribution is 5.82. The molecule has 6 nitrogen and oxygen atoms in total. The van der Waals surface area contributed by atoms with Crippen LogP contribution in [0.15, 0.2) is 0 Å². The summed E-state index contributed by atoms with van der Waals surface area (Å²) in [5, 5.41) is 11.5. The van der Waals surface area contributed by atoms with Gasteiger partial charge in [-0.1, -0.05) is 6.92 Å². The van der Waals surface area contributed by atoms with Gasteiger partial charge in [-0.3, -0.25) is 4.79 Å². The third-order valence-corrected chi connectivity index (χ3v) is 2.64. The summed E-state index contributed by atoms with van der Waals surface area (Å²) in [6, 6.07) is -0.832. The summed E-state index contributed by atoms with van der Waals surface area (Å²) in [5.41, 5.74) is 0. The molecule has 1 unspecified atom stereocenters. The molecule has 1 atom stereocenters. The molecule has 0 heterocycles. The van der Waals surface area contributed by atoms with E-state index >= 15 is 0 Å². The highest BCUT2D eigenvalue weighted by atomic mass is 16.4. The van der Waals surface area contributed by atoms with Crippen molar-refractivity contribution in [2.75, 3.05) is 40.3 Å². The van der Waals surface area contributed by atoms with Crippen molar-refractivity contribution in [2.24, 2.45) is 0 Å². The van der Waals surface area contributed by atoms with Gasteiger partial charge in [0.25, 0.3) is 0 Å². The number of hydrogen-bond acceptors (Lipinski definition) is 4. The van der Waals surface area contributed by atoms with Crippen molar-refractivity contribution in [1.82, 2.24) is 15.1 Å². The third-order valence-electron chi connectivity index (χ3n) is 2.64. The monoisotopic (exact) mass is 259 g/mol. The highest BCUT2D eigenvalue weighted by Crippen LogP contribution is 1.97. The van der Waals surface area contributed by atoms with E-state index in [0.717, 1.165) is 26.1 Å². The first-order valence-corrected chi connectivity index (χ1v) is 6.23. The van der Waals surface area contributed by atoms with Crippen molar-refractivity contribution < 1.29 is 14.7 Å².